The minimum Gasteiger partial charge on any atom is -0.412 e. The van der Waals surface area contributed by atoms with Crippen LogP contribution in [-0.4, -0.2) is 30.7 Å². The highest BCUT2D eigenvalue weighted by atomic mass is 16.1. The van der Waals surface area contributed by atoms with Crippen LogP contribution in [0.25, 0.3) is 0 Å². The Morgan fingerprint density at radius 1 is 1.00 bits per heavy atom. The van der Waals surface area contributed by atoms with Gasteiger partial charge in [-0.1, -0.05) is 0 Å². The van der Waals surface area contributed by atoms with Gasteiger partial charge in [0, 0.05) is 0 Å². The molecule has 0 amide bonds. The van der Waals surface area contributed by atoms with E-state index in [0.717, 1.165) is 0 Å². The fourth-order valence-corrected chi connectivity index (χ4v) is 0.191. The second kappa shape index (κ2) is 9.87. The van der Waals surface area contributed by atoms with Crippen molar-refractivity contribution < 1.29 is 15.1 Å². The average Bonchev–Trinajstić information content (AvgIpc) is 1.81. The molecular formula is C4H6N2O3. The molecule has 0 aromatic heterocycles. The van der Waals surface area contributed by atoms with Gasteiger partial charge in [-0.3, -0.25) is 0 Å². The van der Waals surface area contributed by atoms with Gasteiger partial charge in [-0.15, -0.1) is 0 Å². The van der Waals surface area contributed by atoms with Crippen molar-refractivity contribution in [1.82, 2.24) is 0 Å². The third kappa shape index (κ3) is 10.8. The SMILES string of the molecule is O.O=C=NCCN=C=O. The van der Waals surface area contributed by atoms with Gasteiger partial charge in [-0.25, -0.2) is 19.6 Å². The van der Waals surface area contributed by atoms with E-state index in [2.05, 4.69) is 9.98 Å². The monoisotopic (exact) mass is 130 g/mol. The van der Waals surface area contributed by atoms with Crippen LogP contribution in [-0.2, 0) is 9.59 Å². The van der Waals surface area contributed by atoms with Crippen LogP contribution in [0.4, 0.5) is 0 Å². The summed E-state index contributed by atoms with van der Waals surface area (Å²) in [6.07, 6.45) is 2.62. The summed E-state index contributed by atoms with van der Waals surface area (Å²) in [6, 6.07) is 0. The Morgan fingerprint density at radius 2 is 1.33 bits per heavy atom. The summed E-state index contributed by atoms with van der Waals surface area (Å²) in [7, 11) is 0. The normalized spacial score (nSPS) is 5.78. The highest BCUT2D eigenvalue weighted by Gasteiger charge is 1.73. The zero-order valence-electron chi connectivity index (χ0n) is 4.63. The molecule has 0 unspecified atom stereocenters. The molecule has 0 bridgehead atoms. The Bertz CT molecular complexity index is 126. The second-order valence-corrected chi connectivity index (χ2v) is 0.946. The van der Waals surface area contributed by atoms with E-state index in [0.29, 0.717) is 0 Å². The maximum atomic E-state index is 9.34. The zero-order chi connectivity index (χ0) is 6.24. The van der Waals surface area contributed by atoms with Crippen LogP contribution in [0.2, 0.25) is 0 Å². The number of nitrogens with zero attached hydrogens (tertiary/aromatic N) is 2. The van der Waals surface area contributed by atoms with E-state index in [4.69, 9.17) is 0 Å². The molecule has 0 aliphatic carbocycles. The lowest BCUT2D eigenvalue weighted by molar-refractivity contribution is 0.560. The van der Waals surface area contributed by atoms with Gasteiger partial charge in [-0.2, -0.15) is 0 Å². The summed E-state index contributed by atoms with van der Waals surface area (Å²) in [5.74, 6) is 0. The molecule has 5 nitrogen and oxygen atoms in total. The number of isocyanates is 2. The summed E-state index contributed by atoms with van der Waals surface area (Å²) in [5, 5.41) is 0. The molecule has 0 rings (SSSR count). The highest BCUT2D eigenvalue weighted by molar-refractivity contribution is 5.34. The minimum atomic E-state index is 0. The Kier molecular flexibility index (Phi) is 11.7. The first-order valence-corrected chi connectivity index (χ1v) is 1.99. The molecule has 50 valence electrons. The van der Waals surface area contributed by atoms with Gasteiger partial charge in [0.25, 0.3) is 0 Å². The molecule has 0 heterocycles. The van der Waals surface area contributed by atoms with Crippen molar-refractivity contribution in [2.24, 2.45) is 9.98 Å². The van der Waals surface area contributed by atoms with E-state index in [1.54, 1.807) is 0 Å². The molecule has 0 aromatic rings. The van der Waals surface area contributed by atoms with Crippen molar-refractivity contribution in [2.45, 2.75) is 0 Å². The van der Waals surface area contributed by atoms with Crippen molar-refractivity contribution >= 4 is 12.2 Å². The fraction of sp³-hybridized carbons (Fsp3) is 0.500. The predicted octanol–water partition coefficient (Wildman–Crippen LogP) is -1.17. The van der Waals surface area contributed by atoms with Crippen molar-refractivity contribution in [3.8, 4) is 0 Å². The fourth-order valence-electron chi connectivity index (χ4n) is 0.191. The largest absolute Gasteiger partial charge is 0.412 e. The van der Waals surface area contributed by atoms with Crippen molar-refractivity contribution in [3.63, 3.8) is 0 Å². The summed E-state index contributed by atoms with van der Waals surface area (Å²) >= 11 is 0. The quantitative estimate of drug-likeness (QED) is 0.273. The van der Waals surface area contributed by atoms with Gasteiger partial charge in [-0.05, 0) is 0 Å². The summed E-state index contributed by atoms with van der Waals surface area (Å²) in [4.78, 5) is 24.9. The molecular weight excluding hydrogens is 124 g/mol. The third-order valence-electron chi connectivity index (χ3n) is 0.453. The minimum absolute atomic E-state index is 0. The lowest BCUT2D eigenvalue weighted by Crippen LogP contribution is -1.82. The van der Waals surface area contributed by atoms with E-state index < -0.39 is 0 Å². The van der Waals surface area contributed by atoms with Gasteiger partial charge in [0.1, 0.15) is 0 Å². The average molecular weight is 130 g/mol. The van der Waals surface area contributed by atoms with Crippen LogP contribution in [0.3, 0.4) is 0 Å². The number of carbonyl (C=O) groups excluding carboxylic acids is 2. The predicted molar refractivity (Wildman–Crippen MR) is 29.6 cm³/mol. The van der Waals surface area contributed by atoms with Crippen LogP contribution >= 0.6 is 0 Å². The van der Waals surface area contributed by atoms with Gasteiger partial charge >= 0.3 is 0 Å². The van der Waals surface area contributed by atoms with Gasteiger partial charge < -0.3 is 5.48 Å². The van der Waals surface area contributed by atoms with Gasteiger partial charge in [0.15, 0.2) is 0 Å². The lowest BCUT2D eigenvalue weighted by Gasteiger charge is -1.74. The van der Waals surface area contributed by atoms with Crippen molar-refractivity contribution in [3.05, 3.63) is 0 Å². The van der Waals surface area contributed by atoms with E-state index in [1.807, 2.05) is 0 Å². The third-order valence-corrected chi connectivity index (χ3v) is 0.453. The Hall–Kier alpha value is -1.28. The van der Waals surface area contributed by atoms with E-state index in [1.165, 1.54) is 12.2 Å². The molecule has 0 aliphatic rings. The number of hydrogen-bond acceptors (Lipinski definition) is 4. The van der Waals surface area contributed by atoms with Crippen LogP contribution in [0, 0.1) is 0 Å². The summed E-state index contributed by atoms with van der Waals surface area (Å²) in [5.41, 5.74) is 0. The van der Waals surface area contributed by atoms with Gasteiger partial charge in [0.05, 0.1) is 13.1 Å². The molecule has 0 saturated carbocycles. The molecule has 0 fully saturated rings. The molecule has 0 spiro atoms. The molecule has 0 atom stereocenters. The standard InChI is InChI=1S/C4H4N2O2.H2O/c7-3-5-1-2-6-4-8;/h1-2H2;1H2. The van der Waals surface area contributed by atoms with Crippen LogP contribution < -0.4 is 0 Å². The summed E-state index contributed by atoms with van der Waals surface area (Å²) in [6.45, 7) is 0.442. The Balaban J connectivity index is 0. The van der Waals surface area contributed by atoms with Crippen LogP contribution in [0.1, 0.15) is 0 Å². The smallest absolute Gasteiger partial charge is 0.235 e. The van der Waals surface area contributed by atoms with Crippen molar-refractivity contribution in [1.29, 1.82) is 0 Å². The first-order chi connectivity index (χ1) is 3.91. The second-order valence-electron chi connectivity index (χ2n) is 0.946. The number of hydrogen-bond donors (Lipinski definition) is 0. The first-order valence-electron chi connectivity index (χ1n) is 1.99. The molecule has 9 heavy (non-hydrogen) atoms. The molecule has 0 saturated heterocycles. The molecule has 0 radical (unpaired) electrons. The van der Waals surface area contributed by atoms with Crippen LogP contribution in [0.5, 0.6) is 0 Å². The molecule has 5 heteroatoms. The van der Waals surface area contributed by atoms with E-state index in [-0.39, 0.29) is 18.6 Å². The topological polar surface area (TPSA) is 90.4 Å². The summed E-state index contributed by atoms with van der Waals surface area (Å²) < 4.78 is 0. The highest BCUT2D eigenvalue weighted by Crippen LogP contribution is 1.66. The molecule has 0 aliphatic heterocycles. The van der Waals surface area contributed by atoms with Crippen LogP contribution in [0.15, 0.2) is 9.98 Å². The Morgan fingerprint density at radius 3 is 1.56 bits per heavy atom. The Labute approximate surface area is 51.4 Å². The zero-order valence-corrected chi connectivity index (χ0v) is 4.63. The first kappa shape index (κ1) is 10.7. The number of aliphatic imine (C=N–C) groups is 2. The van der Waals surface area contributed by atoms with E-state index >= 15 is 0 Å². The molecule has 2 N–H and O–H groups in total. The van der Waals surface area contributed by atoms with Crippen molar-refractivity contribution in [2.75, 3.05) is 13.1 Å². The van der Waals surface area contributed by atoms with E-state index in [9.17, 15) is 9.59 Å². The maximum absolute atomic E-state index is 9.34. The maximum Gasteiger partial charge on any atom is 0.235 e. The lowest BCUT2D eigenvalue weighted by atomic mass is 10.7. The number of rotatable bonds is 3. The molecule has 0 aromatic carbocycles. The van der Waals surface area contributed by atoms with Gasteiger partial charge in [0.2, 0.25) is 12.2 Å².